The van der Waals surface area contributed by atoms with Crippen LogP contribution in [-0.2, 0) is 10.3 Å². The van der Waals surface area contributed by atoms with Crippen LogP contribution < -0.4 is 4.74 Å². The SMILES string of the molecule is COc1ccc(C(OCCCCCO)(c2ccccc2)c2ccccc2)cc1. The molecule has 0 heterocycles. The van der Waals surface area contributed by atoms with E-state index in [0.29, 0.717) is 6.61 Å². The van der Waals surface area contributed by atoms with Crippen molar-refractivity contribution < 1.29 is 14.6 Å². The summed E-state index contributed by atoms with van der Waals surface area (Å²) in [5.41, 5.74) is 2.54. The Morgan fingerprint density at radius 1 is 0.679 bits per heavy atom. The molecule has 3 rings (SSSR count). The van der Waals surface area contributed by atoms with Crippen molar-refractivity contribution in [2.75, 3.05) is 20.3 Å². The molecule has 0 bridgehead atoms. The molecule has 146 valence electrons. The van der Waals surface area contributed by atoms with Gasteiger partial charge in [-0.25, -0.2) is 0 Å². The van der Waals surface area contributed by atoms with Gasteiger partial charge in [0.05, 0.1) is 7.11 Å². The topological polar surface area (TPSA) is 38.7 Å². The Hall–Kier alpha value is -2.62. The van der Waals surface area contributed by atoms with Gasteiger partial charge in [0.2, 0.25) is 0 Å². The second-order valence-electron chi connectivity index (χ2n) is 6.77. The normalized spacial score (nSPS) is 11.4. The average Bonchev–Trinajstić information content (AvgIpc) is 2.78. The average molecular weight is 376 g/mol. The van der Waals surface area contributed by atoms with Crippen molar-refractivity contribution in [3.8, 4) is 5.75 Å². The van der Waals surface area contributed by atoms with Crippen LogP contribution in [0, 0.1) is 0 Å². The molecule has 0 radical (unpaired) electrons. The maximum absolute atomic E-state index is 9.06. The van der Waals surface area contributed by atoms with E-state index in [1.165, 1.54) is 0 Å². The molecule has 0 spiro atoms. The van der Waals surface area contributed by atoms with Gasteiger partial charge in [-0.15, -0.1) is 0 Å². The first-order valence-electron chi connectivity index (χ1n) is 9.81. The van der Waals surface area contributed by atoms with Gasteiger partial charge in [0, 0.05) is 13.2 Å². The fourth-order valence-corrected chi connectivity index (χ4v) is 3.54. The van der Waals surface area contributed by atoms with Crippen molar-refractivity contribution in [3.63, 3.8) is 0 Å². The Balaban J connectivity index is 2.08. The van der Waals surface area contributed by atoms with Crippen molar-refractivity contribution in [3.05, 3.63) is 102 Å². The first-order valence-corrected chi connectivity index (χ1v) is 9.81. The zero-order chi connectivity index (χ0) is 19.7. The minimum Gasteiger partial charge on any atom is -0.497 e. The number of hydrogen-bond donors (Lipinski definition) is 1. The maximum atomic E-state index is 9.06. The van der Waals surface area contributed by atoms with Crippen molar-refractivity contribution in [1.82, 2.24) is 0 Å². The van der Waals surface area contributed by atoms with Crippen LogP contribution in [0.15, 0.2) is 84.9 Å². The van der Waals surface area contributed by atoms with Crippen LogP contribution >= 0.6 is 0 Å². The molecule has 0 aliphatic carbocycles. The second kappa shape index (κ2) is 10.1. The minimum atomic E-state index is -0.700. The molecular formula is C25H28O3. The summed E-state index contributed by atoms with van der Waals surface area (Å²) in [7, 11) is 1.67. The van der Waals surface area contributed by atoms with E-state index in [1.807, 2.05) is 48.5 Å². The van der Waals surface area contributed by atoms with Gasteiger partial charge >= 0.3 is 0 Å². The summed E-state index contributed by atoms with van der Waals surface area (Å²) in [5.74, 6) is 0.821. The van der Waals surface area contributed by atoms with Crippen LogP contribution in [0.25, 0.3) is 0 Å². The van der Waals surface area contributed by atoms with Gasteiger partial charge < -0.3 is 14.6 Å². The predicted molar refractivity (Wildman–Crippen MR) is 113 cm³/mol. The van der Waals surface area contributed by atoms with E-state index in [2.05, 4.69) is 36.4 Å². The summed E-state index contributed by atoms with van der Waals surface area (Å²) >= 11 is 0. The number of benzene rings is 3. The van der Waals surface area contributed by atoms with Crippen LogP contribution in [0.1, 0.15) is 36.0 Å². The molecule has 0 fully saturated rings. The second-order valence-corrected chi connectivity index (χ2v) is 6.77. The Bertz CT molecular complexity index is 774. The van der Waals surface area contributed by atoms with Crippen LogP contribution in [0.3, 0.4) is 0 Å². The Labute approximate surface area is 167 Å². The molecule has 0 aromatic heterocycles. The fraction of sp³-hybridized carbons (Fsp3) is 0.280. The van der Waals surface area contributed by atoms with Crippen LogP contribution in [0.2, 0.25) is 0 Å². The number of aliphatic hydroxyl groups is 1. The maximum Gasteiger partial charge on any atom is 0.143 e. The smallest absolute Gasteiger partial charge is 0.143 e. The standard InChI is InChI=1S/C25H28O3/c1-27-24-17-15-23(16-18-24)25(21-11-5-2-6-12-21,22-13-7-3-8-14-22)28-20-10-4-9-19-26/h2-3,5-8,11-18,26H,4,9-10,19-20H2,1H3. The fourth-order valence-electron chi connectivity index (χ4n) is 3.54. The Kier molecular flexibility index (Phi) is 7.24. The van der Waals surface area contributed by atoms with Gasteiger partial charge in [-0.05, 0) is 48.1 Å². The molecule has 0 amide bonds. The van der Waals surface area contributed by atoms with E-state index in [9.17, 15) is 0 Å². The highest BCUT2D eigenvalue weighted by Gasteiger charge is 2.37. The summed E-state index contributed by atoms with van der Waals surface area (Å²) in [6, 6.07) is 28.8. The Morgan fingerprint density at radius 3 is 1.71 bits per heavy atom. The monoisotopic (exact) mass is 376 g/mol. The summed E-state index contributed by atoms with van der Waals surface area (Å²) in [6.45, 7) is 0.830. The van der Waals surface area contributed by atoms with Crippen LogP contribution in [-0.4, -0.2) is 25.4 Å². The lowest BCUT2D eigenvalue weighted by molar-refractivity contribution is 0.0103. The molecule has 0 saturated carbocycles. The quantitative estimate of drug-likeness (QED) is 0.392. The highest BCUT2D eigenvalue weighted by Crippen LogP contribution is 2.41. The lowest BCUT2D eigenvalue weighted by atomic mass is 9.80. The molecule has 0 aliphatic heterocycles. The number of methoxy groups -OCH3 is 1. The zero-order valence-corrected chi connectivity index (χ0v) is 16.4. The van der Waals surface area contributed by atoms with Gasteiger partial charge in [0.25, 0.3) is 0 Å². The third kappa shape index (κ3) is 4.44. The lowest BCUT2D eigenvalue weighted by Gasteiger charge is -2.36. The van der Waals surface area contributed by atoms with E-state index in [4.69, 9.17) is 14.6 Å². The first kappa shape index (κ1) is 20.1. The molecule has 28 heavy (non-hydrogen) atoms. The molecule has 3 heteroatoms. The molecule has 1 N–H and O–H groups in total. The highest BCUT2D eigenvalue weighted by molar-refractivity contribution is 5.48. The number of unbranched alkanes of at least 4 members (excludes halogenated alkanes) is 2. The molecule has 0 atom stereocenters. The van der Waals surface area contributed by atoms with Gasteiger partial charge in [0.15, 0.2) is 0 Å². The van der Waals surface area contributed by atoms with E-state index < -0.39 is 5.60 Å². The number of aliphatic hydroxyl groups excluding tert-OH is 1. The first-order chi connectivity index (χ1) is 13.8. The van der Waals surface area contributed by atoms with Crippen LogP contribution in [0.4, 0.5) is 0 Å². The number of hydrogen-bond acceptors (Lipinski definition) is 3. The van der Waals surface area contributed by atoms with Gasteiger partial charge in [-0.2, -0.15) is 0 Å². The van der Waals surface area contributed by atoms with Gasteiger partial charge in [-0.3, -0.25) is 0 Å². The predicted octanol–water partition coefficient (Wildman–Crippen LogP) is 5.17. The van der Waals surface area contributed by atoms with E-state index in [-0.39, 0.29) is 6.61 Å². The summed E-state index contributed by atoms with van der Waals surface area (Å²) in [5, 5.41) is 9.06. The molecule has 3 aromatic rings. The van der Waals surface area contributed by atoms with E-state index in [1.54, 1.807) is 7.11 Å². The van der Waals surface area contributed by atoms with Gasteiger partial charge in [-0.1, -0.05) is 72.8 Å². The molecule has 0 aliphatic rings. The molecule has 3 aromatic carbocycles. The number of ether oxygens (including phenoxy) is 2. The van der Waals surface area contributed by atoms with Crippen LogP contribution in [0.5, 0.6) is 5.75 Å². The molecule has 0 saturated heterocycles. The van der Waals surface area contributed by atoms with E-state index in [0.717, 1.165) is 41.7 Å². The molecular weight excluding hydrogens is 348 g/mol. The number of rotatable bonds is 10. The third-order valence-electron chi connectivity index (χ3n) is 4.98. The Morgan fingerprint density at radius 2 is 1.21 bits per heavy atom. The zero-order valence-electron chi connectivity index (χ0n) is 16.4. The van der Waals surface area contributed by atoms with Crippen molar-refractivity contribution in [2.45, 2.75) is 24.9 Å². The van der Waals surface area contributed by atoms with Crippen molar-refractivity contribution >= 4 is 0 Å². The summed E-state index contributed by atoms with van der Waals surface area (Å²) in [4.78, 5) is 0. The van der Waals surface area contributed by atoms with E-state index >= 15 is 0 Å². The largest absolute Gasteiger partial charge is 0.497 e. The lowest BCUT2D eigenvalue weighted by Crippen LogP contribution is -2.33. The third-order valence-corrected chi connectivity index (χ3v) is 4.98. The van der Waals surface area contributed by atoms with Crippen molar-refractivity contribution in [1.29, 1.82) is 0 Å². The van der Waals surface area contributed by atoms with Gasteiger partial charge in [0.1, 0.15) is 11.4 Å². The van der Waals surface area contributed by atoms with Crippen molar-refractivity contribution in [2.24, 2.45) is 0 Å². The summed E-state index contributed by atoms with van der Waals surface area (Å²) in [6.07, 6.45) is 2.65. The molecule has 3 nitrogen and oxygen atoms in total. The molecule has 0 unspecified atom stereocenters. The highest BCUT2D eigenvalue weighted by atomic mass is 16.5. The summed E-state index contributed by atoms with van der Waals surface area (Å²) < 4.78 is 12.0. The minimum absolute atomic E-state index is 0.223.